The van der Waals surface area contributed by atoms with E-state index in [0.717, 1.165) is 11.4 Å². The van der Waals surface area contributed by atoms with E-state index in [2.05, 4.69) is 5.32 Å². The molecule has 0 unspecified atom stereocenters. The van der Waals surface area contributed by atoms with Gasteiger partial charge in [0.15, 0.2) is 5.11 Å². The molecule has 1 saturated heterocycles. The minimum atomic E-state index is 0.0617. The number of rotatable bonds is 5. The molecule has 1 amide bonds. The molecule has 1 N–H and O–H groups in total. The number of carbonyl (C=O) groups excluding carboxylic acids is 1. The number of hydrogen-bond donors (Lipinski definition) is 1. The SMILES string of the molecule is CCOc1ccc(NC(=S)N(C)CC(=O)N2CCOCC2)cc1. The van der Waals surface area contributed by atoms with Crippen molar-refractivity contribution >= 4 is 28.9 Å². The molecule has 0 aromatic heterocycles. The number of carbonyl (C=O) groups is 1. The first-order valence-corrected chi connectivity index (χ1v) is 8.11. The van der Waals surface area contributed by atoms with Crippen molar-refractivity contribution < 1.29 is 14.3 Å². The molecule has 23 heavy (non-hydrogen) atoms. The molecule has 1 aromatic rings. The number of hydrogen-bond acceptors (Lipinski definition) is 4. The molecule has 0 aliphatic carbocycles. The number of thiocarbonyl (C=S) groups is 1. The van der Waals surface area contributed by atoms with Gasteiger partial charge in [0.2, 0.25) is 5.91 Å². The van der Waals surface area contributed by atoms with Crippen molar-refractivity contribution in [2.45, 2.75) is 6.92 Å². The third-order valence-corrected chi connectivity index (χ3v) is 3.91. The molecule has 1 aliphatic rings. The molecule has 126 valence electrons. The van der Waals surface area contributed by atoms with E-state index in [4.69, 9.17) is 21.7 Å². The largest absolute Gasteiger partial charge is 0.494 e. The predicted octanol–water partition coefficient (Wildman–Crippen LogP) is 1.57. The Bertz CT molecular complexity index is 530. The normalized spacial score (nSPS) is 14.3. The van der Waals surface area contributed by atoms with Gasteiger partial charge in [-0.25, -0.2) is 0 Å². The lowest BCUT2D eigenvalue weighted by Gasteiger charge is -2.29. The fourth-order valence-corrected chi connectivity index (χ4v) is 2.39. The summed E-state index contributed by atoms with van der Waals surface area (Å²) in [6, 6.07) is 7.56. The Morgan fingerprint density at radius 3 is 2.61 bits per heavy atom. The molecular weight excluding hydrogens is 314 g/mol. The summed E-state index contributed by atoms with van der Waals surface area (Å²) in [4.78, 5) is 15.8. The van der Waals surface area contributed by atoms with Gasteiger partial charge in [0.25, 0.3) is 0 Å². The Kier molecular flexibility index (Phi) is 6.61. The fraction of sp³-hybridized carbons (Fsp3) is 0.500. The van der Waals surface area contributed by atoms with Crippen molar-refractivity contribution in [1.82, 2.24) is 9.80 Å². The summed E-state index contributed by atoms with van der Waals surface area (Å²) in [7, 11) is 1.81. The van der Waals surface area contributed by atoms with Gasteiger partial charge in [0.1, 0.15) is 5.75 Å². The molecule has 0 atom stereocenters. The van der Waals surface area contributed by atoms with Crippen LogP contribution in [-0.2, 0) is 9.53 Å². The van der Waals surface area contributed by atoms with Gasteiger partial charge in [-0.05, 0) is 43.4 Å². The van der Waals surface area contributed by atoms with Crippen LogP contribution in [0.1, 0.15) is 6.92 Å². The maximum Gasteiger partial charge on any atom is 0.242 e. The molecule has 7 heteroatoms. The van der Waals surface area contributed by atoms with Gasteiger partial charge in [-0.1, -0.05) is 0 Å². The minimum Gasteiger partial charge on any atom is -0.494 e. The third kappa shape index (κ3) is 5.37. The Morgan fingerprint density at radius 1 is 1.35 bits per heavy atom. The first-order chi connectivity index (χ1) is 11.1. The summed E-state index contributed by atoms with van der Waals surface area (Å²) in [6.45, 7) is 5.33. The number of benzene rings is 1. The summed E-state index contributed by atoms with van der Waals surface area (Å²) in [6.07, 6.45) is 0. The lowest BCUT2D eigenvalue weighted by molar-refractivity contribution is -0.135. The Labute approximate surface area is 142 Å². The lowest BCUT2D eigenvalue weighted by atomic mass is 10.3. The van der Waals surface area contributed by atoms with Crippen LogP contribution in [0.3, 0.4) is 0 Å². The van der Waals surface area contributed by atoms with Gasteiger partial charge in [0, 0.05) is 25.8 Å². The van der Waals surface area contributed by atoms with Gasteiger partial charge in [-0.15, -0.1) is 0 Å². The molecule has 1 fully saturated rings. The number of likely N-dealkylation sites (N-methyl/N-ethyl adjacent to an activating group) is 1. The highest BCUT2D eigenvalue weighted by Crippen LogP contribution is 2.16. The molecule has 1 heterocycles. The highest BCUT2D eigenvalue weighted by atomic mass is 32.1. The second-order valence-corrected chi connectivity index (χ2v) is 5.62. The van der Waals surface area contributed by atoms with E-state index in [1.807, 2.05) is 38.2 Å². The molecule has 0 saturated carbocycles. The molecular formula is C16H23N3O3S. The maximum atomic E-state index is 12.2. The topological polar surface area (TPSA) is 54.0 Å². The van der Waals surface area contributed by atoms with Gasteiger partial charge in [-0.2, -0.15) is 0 Å². The van der Waals surface area contributed by atoms with E-state index in [1.165, 1.54) is 0 Å². The van der Waals surface area contributed by atoms with Gasteiger partial charge >= 0.3 is 0 Å². The van der Waals surface area contributed by atoms with Crippen molar-refractivity contribution in [3.63, 3.8) is 0 Å². The standard InChI is InChI=1S/C16H23N3O3S/c1-3-22-14-6-4-13(5-7-14)17-16(23)18(2)12-15(20)19-8-10-21-11-9-19/h4-7H,3,8-12H2,1-2H3,(H,17,23). The summed E-state index contributed by atoms with van der Waals surface area (Å²) in [5.41, 5.74) is 0.865. The van der Waals surface area contributed by atoms with E-state index < -0.39 is 0 Å². The zero-order valence-electron chi connectivity index (χ0n) is 13.6. The Morgan fingerprint density at radius 2 is 2.00 bits per heavy atom. The predicted molar refractivity (Wildman–Crippen MR) is 93.9 cm³/mol. The quantitative estimate of drug-likeness (QED) is 0.823. The number of morpholine rings is 1. The molecule has 6 nitrogen and oxygen atoms in total. The molecule has 0 radical (unpaired) electrons. The molecule has 1 aromatic carbocycles. The van der Waals surface area contributed by atoms with Crippen molar-refractivity contribution in [2.75, 3.05) is 51.8 Å². The van der Waals surface area contributed by atoms with Gasteiger partial charge in [-0.3, -0.25) is 4.79 Å². The maximum absolute atomic E-state index is 12.2. The van der Waals surface area contributed by atoms with Crippen molar-refractivity contribution in [3.05, 3.63) is 24.3 Å². The van der Waals surface area contributed by atoms with Crippen LogP contribution in [-0.4, -0.2) is 67.3 Å². The van der Waals surface area contributed by atoms with Gasteiger partial charge < -0.3 is 24.6 Å². The zero-order valence-corrected chi connectivity index (χ0v) is 14.4. The number of amides is 1. The highest BCUT2D eigenvalue weighted by Gasteiger charge is 2.19. The minimum absolute atomic E-state index is 0.0617. The summed E-state index contributed by atoms with van der Waals surface area (Å²) < 4.78 is 10.7. The van der Waals surface area contributed by atoms with Crippen LogP contribution >= 0.6 is 12.2 Å². The monoisotopic (exact) mass is 337 g/mol. The van der Waals surface area contributed by atoms with Crippen LogP contribution in [0.5, 0.6) is 5.75 Å². The smallest absolute Gasteiger partial charge is 0.242 e. The van der Waals surface area contributed by atoms with Crippen molar-refractivity contribution in [3.8, 4) is 5.75 Å². The van der Waals surface area contributed by atoms with Gasteiger partial charge in [0.05, 0.1) is 26.4 Å². The van der Waals surface area contributed by atoms with E-state index in [9.17, 15) is 4.79 Å². The van der Waals surface area contributed by atoms with Crippen LogP contribution in [0.15, 0.2) is 24.3 Å². The van der Waals surface area contributed by atoms with E-state index in [-0.39, 0.29) is 12.5 Å². The average Bonchev–Trinajstić information content (AvgIpc) is 2.57. The number of nitrogens with zero attached hydrogens (tertiary/aromatic N) is 2. The number of nitrogens with one attached hydrogen (secondary N) is 1. The van der Waals surface area contributed by atoms with E-state index in [0.29, 0.717) is 38.0 Å². The first-order valence-electron chi connectivity index (χ1n) is 7.70. The van der Waals surface area contributed by atoms with Crippen molar-refractivity contribution in [1.29, 1.82) is 0 Å². The number of ether oxygens (including phenoxy) is 2. The molecule has 0 bridgehead atoms. The van der Waals surface area contributed by atoms with Crippen LogP contribution in [0.2, 0.25) is 0 Å². The van der Waals surface area contributed by atoms with Crippen LogP contribution < -0.4 is 10.1 Å². The summed E-state index contributed by atoms with van der Waals surface area (Å²) in [5.74, 6) is 0.881. The Balaban J connectivity index is 1.83. The molecule has 2 rings (SSSR count). The summed E-state index contributed by atoms with van der Waals surface area (Å²) >= 11 is 5.35. The summed E-state index contributed by atoms with van der Waals surface area (Å²) in [5, 5.41) is 3.64. The second-order valence-electron chi connectivity index (χ2n) is 5.24. The molecule has 0 spiro atoms. The van der Waals surface area contributed by atoms with Crippen LogP contribution in [0.4, 0.5) is 5.69 Å². The van der Waals surface area contributed by atoms with Crippen molar-refractivity contribution in [2.24, 2.45) is 0 Å². The fourth-order valence-electron chi connectivity index (χ4n) is 2.21. The second kappa shape index (κ2) is 8.69. The lowest BCUT2D eigenvalue weighted by Crippen LogP contribution is -2.46. The van der Waals surface area contributed by atoms with E-state index in [1.54, 1.807) is 9.80 Å². The highest BCUT2D eigenvalue weighted by molar-refractivity contribution is 7.80. The Hall–Kier alpha value is -1.86. The van der Waals surface area contributed by atoms with Crippen LogP contribution in [0.25, 0.3) is 0 Å². The van der Waals surface area contributed by atoms with E-state index >= 15 is 0 Å². The zero-order chi connectivity index (χ0) is 16.7. The number of anilines is 1. The average molecular weight is 337 g/mol. The first kappa shape index (κ1) is 17.5. The van der Waals surface area contributed by atoms with Crippen LogP contribution in [0, 0.1) is 0 Å². The third-order valence-electron chi connectivity index (χ3n) is 3.50. The molecule has 1 aliphatic heterocycles.